The number of carbonyl (C=O) groups is 1. The van der Waals surface area contributed by atoms with E-state index in [2.05, 4.69) is 47.7 Å². The minimum Gasteiger partial charge on any atom is -0.322 e. The van der Waals surface area contributed by atoms with Crippen LogP contribution in [0, 0.1) is 31.6 Å². The molecule has 8 rings (SSSR count). The monoisotopic (exact) mass is 505 g/mol. The second kappa shape index (κ2) is 8.97. The average molecular weight is 506 g/mol. The number of hydrogen-bond donors (Lipinski definition) is 1. The summed E-state index contributed by atoms with van der Waals surface area (Å²) >= 11 is 0. The Bertz CT molecular complexity index is 1460. The molecule has 4 saturated carbocycles. The molecule has 0 saturated heterocycles. The van der Waals surface area contributed by atoms with Gasteiger partial charge < -0.3 is 5.32 Å². The molecule has 1 amide bonds. The highest BCUT2D eigenvalue weighted by molar-refractivity contribution is 6.05. The third kappa shape index (κ3) is 4.16. The van der Waals surface area contributed by atoms with Crippen LogP contribution in [-0.4, -0.2) is 25.5 Å². The van der Waals surface area contributed by atoms with Gasteiger partial charge in [-0.05, 0) is 106 Å². The molecule has 38 heavy (non-hydrogen) atoms. The first-order valence-corrected chi connectivity index (χ1v) is 14.0. The molecule has 2 aromatic heterocycles. The van der Waals surface area contributed by atoms with Gasteiger partial charge in [0.2, 0.25) is 0 Å². The van der Waals surface area contributed by atoms with Gasteiger partial charge in [0.05, 0.1) is 29.2 Å². The molecule has 6 nitrogen and oxygen atoms in total. The molecule has 0 radical (unpaired) electrons. The number of amides is 1. The van der Waals surface area contributed by atoms with Crippen LogP contribution in [-0.2, 0) is 12.0 Å². The Labute approximate surface area is 224 Å². The zero-order valence-electron chi connectivity index (χ0n) is 22.2. The van der Waals surface area contributed by atoms with E-state index in [-0.39, 0.29) is 11.3 Å². The van der Waals surface area contributed by atoms with E-state index in [1.807, 2.05) is 52.8 Å². The normalized spacial score (nSPS) is 25.6. The summed E-state index contributed by atoms with van der Waals surface area (Å²) in [6.07, 6.45) is 9.56. The van der Waals surface area contributed by atoms with Crippen LogP contribution in [0.3, 0.4) is 0 Å². The molecule has 4 aliphatic carbocycles. The van der Waals surface area contributed by atoms with Gasteiger partial charge in [-0.1, -0.05) is 30.3 Å². The van der Waals surface area contributed by atoms with Crippen LogP contribution in [0.1, 0.15) is 71.5 Å². The maximum absolute atomic E-state index is 13.9. The maximum Gasteiger partial charge on any atom is 0.259 e. The summed E-state index contributed by atoms with van der Waals surface area (Å²) < 4.78 is 3.92. The second-order valence-corrected chi connectivity index (χ2v) is 12.1. The number of anilines is 1. The van der Waals surface area contributed by atoms with Crippen molar-refractivity contribution in [2.45, 2.75) is 64.3 Å². The van der Waals surface area contributed by atoms with E-state index in [1.165, 1.54) is 38.5 Å². The fraction of sp³-hybridized carbons (Fsp3) is 0.406. The Hall–Kier alpha value is -3.67. The molecule has 0 unspecified atom stereocenters. The fourth-order valence-corrected chi connectivity index (χ4v) is 8.00. The van der Waals surface area contributed by atoms with Gasteiger partial charge in [0, 0.05) is 23.0 Å². The maximum atomic E-state index is 13.9. The lowest BCUT2D eigenvalue weighted by atomic mass is 9.48. The van der Waals surface area contributed by atoms with Crippen LogP contribution < -0.4 is 5.32 Å². The van der Waals surface area contributed by atoms with Crippen LogP contribution in [0.5, 0.6) is 0 Å². The van der Waals surface area contributed by atoms with Gasteiger partial charge in [0.15, 0.2) is 0 Å². The number of aromatic nitrogens is 4. The molecule has 4 aliphatic rings. The number of hydrogen-bond acceptors (Lipinski definition) is 3. The number of rotatable bonds is 6. The summed E-state index contributed by atoms with van der Waals surface area (Å²) in [6, 6.07) is 20.4. The Morgan fingerprint density at radius 1 is 0.921 bits per heavy atom. The van der Waals surface area contributed by atoms with Crippen LogP contribution >= 0.6 is 0 Å². The van der Waals surface area contributed by atoms with Gasteiger partial charge in [-0.2, -0.15) is 10.2 Å². The van der Waals surface area contributed by atoms with Crippen molar-refractivity contribution in [1.82, 2.24) is 19.6 Å². The molecule has 194 valence electrons. The Morgan fingerprint density at radius 2 is 1.63 bits per heavy atom. The van der Waals surface area contributed by atoms with Gasteiger partial charge in [-0.3, -0.25) is 9.48 Å². The predicted octanol–water partition coefficient (Wildman–Crippen LogP) is 6.45. The molecule has 4 bridgehead atoms. The van der Waals surface area contributed by atoms with Gasteiger partial charge in [0.1, 0.15) is 0 Å². The molecular weight excluding hydrogens is 470 g/mol. The number of nitrogens with zero attached hydrogens (tertiary/aromatic N) is 4. The Balaban J connectivity index is 1.21. The summed E-state index contributed by atoms with van der Waals surface area (Å²) in [5.74, 6) is 2.28. The fourth-order valence-electron chi connectivity index (χ4n) is 8.00. The van der Waals surface area contributed by atoms with E-state index in [1.54, 1.807) is 0 Å². The number of carbonyl (C=O) groups excluding carboxylic acids is 1. The van der Waals surface area contributed by atoms with Crippen LogP contribution in [0.15, 0.2) is 66.9 Å². The van der Waals surface area contributed by atoms with Crippen molar-refractivity contribution < 1.29 is 4.79 Å². The van der Waals surface area contributed by atoms with Crippen molar-refractivity contribution in [3.05, 3.63) is 95.1 Å². The summed E-state index contributed by atoms with van der Waals surface area (Å²) in [5, 5.41) is 13.0. The Morgan fingerprint density at radius 3 is 2.29 bits per heavy atom. The molecule has 0 spiro atoms. The van der Waals surface area contributed by atoms with Crippen LogP contribution in [0.4, 0.5) is 5.69 Å². The highest BCUT2D eigenvalue weighted by Crippen LogP contribution is 2.60. The third-order valence-electron chi connectivity index (χ3n) is 9.14. The lowest BCUT2D eigenvalue weighted by Gasteiger charge is -2.56. The van der Waals surface area contributed by atoms with Gasteiger partial charge >= 0.3 is 0 Å². The highest BCUT2D eigenvalue weighted by atomic mass is 16.1. The largest absolute Gasteiger partial charge is 0.322 e. The van der Waals surface area contributed by atoms with E-state index >= 15 is 0 Å². The predicted molar refractivity (Wildman–Crippen MR) is 149 cm³/mol. The van der Waals surface area contributed by atoms with Crippen molar-refractivity contribution in [1.29, 1.82) is 0 Å². The number of aryl methyl sites for hydroxylation is 2. The van der Waals surface area contributed by atoms with Crippen molar-refractivity contribution in [3.8, 4) is 5.69 Å². The second-order valence-electron chi connectivity index (χ2n) is 12.1. The minimum atomic E-state index is -0.0683. The molecule has 0 atom stereocenters. The van der Waals surface area contributed by atoms with Crippen molar-refractivity contribution >= 4 is 11.6 Å². The van der Waals surface area contributed by atoms with Crippen molar-refractivity contribution in [3.63, 3.8) is 0 Å². The molecule has 2 aromatic carbocycles. The first-order chi connectivity index (χ1) is 18.4. The highest BCUT2D eigenvalue weighted by Gasteiger charge is 2.53. The van der Waals surface area contributed by atoms with Crippen molar-refractivity contribution in [2.24, 2.45) is 17.8 Å². The quantitative estimate of drug-likeness (QED) is 0.327. The Kier molecular flexibility index (Phi) is 5.53. The summed E-state index contributed by atoms with van der Waals surface area (Å²) in [7, 11) is 0. The van der Waals surface area contributed by atoms with Crippen LogP contribution in [0.25, 0.3) is 5.69 Å². The van der Waals surface area contributed by atoms with Gasteiger partial charge in [0.25, 0.3) is 5.91 Å². The van der Waals surface area contributed by atoms with Gasteiger partial charge in [-0.25, -0.2) is 4.68 Å². The zero-order chi connectivity index (χ0) is 25.9. The lowest BCUT2D eigenvalue weighted by molar-refractivity contribution is -0.00765. The third-order valence-corrected chi connectivity index (χ3v) is 9.14. The molecule has 0 aliphatic heterocycles. The molecule has 4 aromatic rings. The van der Waals surface area contributed by atoms with Crippen LogP contribution in [0.2, 0.25) is 0 Å². The molecule has 4 fully saturated rings. The van der Waals surface area contributed by atoms with E-state index in [4.69, 9.17) is 5.10 Å². The molecule has 1 N–H and O–H groups in total. The van der Waals surface area contributed by atoms with E-state index in [0.717, 1.165) is 57.3 Å². The summed E-state index contributed by atoms with van der Waals surface area (Å²) in [6.45, 7) is 4.76. The lowest BCUT2D eigenvalue weighted by Crippen LogP contribution is -2.49. The van der Waals surface area contributed by atoms with E-state index < -0.39 is 0 Å². The number of para-hydroxylation sites is 1. The van der Waals surface area contributed by atoms with E-state index in [9.17, 15) is 4.79 Å². The standard InChI is InChI=1S/C32H35N5O/c1-21-11-22(2)36(34-21)19-23-7-6-8-27(15-23)33-31(38)29-20-37(28-9-4-3-5-10-28)35-30(29)32-16-24-12-25(17-32)14-26(13-24)18-32/h3-11,15,20,24-26H,12-14,16-19H2,1-2H3,(H,33,38). The first-order valence-electron chi connectivity index (χ1n) is 14.0. The summed E-state index contributed by atoms with van der Waals surface area (Å²) in [5.41, 5.74) is 6.80. The van der Waals surface area contributed by atoms with Crippen molar-refractivity contribution in [2.75, 3.05) is 5.32 Å². The minimum absolute atomic E-state index is 0.0266. The number of nitrogens with one attached hydrogen (secondary N) is 1. The molecular formula is C32H35N5O. The SMILES string of the molecule is Cc1cc(C)n(Cc2cccc(NC(=O)c3cn(-c4ccccc4)nc3C34CC5CC(CC(C5)C3)C4)c2)n1. The summed E-state index contributed by atoms with van der Waals surface area (Å²) in [4.78, 5) is 13.9. The smallest absolute Gasteiger partial charge is 0.259 e. The van der Waals surface area contributed by atoms with E-state index in [0.29, 0.717) is 6.54 Å². The molecule has 2 heterocycles. The van der Waals surface area contributed by atoms with Gasteiger partial charge in [-0.15, -0.1) is 0 Å². The first kappa shape index (κ1) is 23.4. The average Bonchev–Trinajstić information content (AvgIpc) is 3.48. The zero-order valence-corrected chi connectivity index (χ0v) is 22.2. The molecule has 6 heteroatoms. The number of benzene rings is 2. The topological polar surface area (TPSA) is 64.7 Å².